The summed E-state index contributed by atoms with van der Waals surface area (Å²) >= 11 is 1.82. The van der Waals surface area contributed by atoms with Crippen LogP contribution in [-0.4, -0.2) is 47.1 Å². The number of aromatic nitrogens is 1. The monoisotopic (exact) mass is 411 g/mol. The van der Waals surface area contributed by atoms with Crippen LogP contribution in [0.4, 0.5) is 0 Å². The van der Waals surface area contributed by atoms with Gasteiger partial charge in [-0.1, -0.05) is 24.3 Å². The number of aliphatic carboxylic acids is 1. The van der Waals surface area contributed by atoms with E-state index in [1.54, 1.807) is 0 Å². The molecule has 1 saturated carbocycles. The van der Waals surface area contributed by atoms with Crippen LogP contribution in [0.1, 0.15) is 36.1 Å². The van der Waals surface area contributed by atoms with E-state index < -0.39 is 12.0 Å². The van der Waals surface area contributed by atoms with E-state index in [2.05, 4.69) is 46.8 Å². The van der Waals surface area contributed by atoms with Gasteiger partial charge in [0.15, 0.2) is 0 Å². The number of thiophene rings is 1. The minimum atomic E-state index is -0.780. The normalized spacial score (nSPS) is 23.5. The smallest absolute Gasteiger partial charge is 0.321 e. The Morgan fingerprint density at radius 1 is 1.28 bits per heavy atom. The van der Waals surface area contributed by atoms with Crippen LogP contribution in [0.25, 0.3) is 10.9 Å². The van der Waals surface area contributed by atoms with Crippen molar-refractivity contribution in [3.63, 3.8) is 0 Å². The third kappa shape index (κ3) is 3.97. The number of H-pyrrole nitrogens is 1. The number of nitrogens with zero attached hydrogens (tertiary/aromatic N) is 1. The Kier molecular flexibility index (Phi) is 5.76. The molecule has 1 fully saturated rings. The molecule has 1 aromatic carbocycles. The summed E-state index contributed by atoms with van der Waals surface area (Å²) in [6, 6.07) is 12.1. The summed E-state index contributed by atoms with van der Waals surface area (Å²) in [5, 5.41) is 16.5. The van der Waals surface area contributed by atoms with Gasteiger partial charge in [-0.05, 0) is 62.9 Å². The summed E-state index contributed by atoms with van der Waals surface area (Å²) in [5.41, 5.74) is 2.18. The lowest BCUT2D eigenvalue weighted by Crippen LogP contribution is -2.51. The first-order valence-electron chi connectivity index (χ1n) is 10.2. The number of rotatable bonds is 7. The summed E-state index contributed by atoms with van der Waals surface area (Å²) in [7, 11) is 4.31. The number of hydrogen-bond acceptors (Lipinski definition) is 4. The van der Waals surface area contributed by atoms with E-state index in [9.17, 15) is 9.90 Å². The first-order valence-corrected chi connectivity index (χ1v) is 11.1. The standard InChI is InChI=1S/C23H29N3O2S/c1-26(2)23(21-8-5-13-29-21)11-9-17(10-12-23)25-20(22(27)28)14-16-15-24-19-7-4-3-6-18(16)19/h3-8,13,15,17,20,24-25H,9-12,14H2,1-2H3,(H,27,28). The number of carboxylic acid groups (broad SMARTS) is 1. The number of nitrogens with one attached hydrogen (secondary N) is 2. The van der Waals surface area contributed by atoms with Gasteiger partial charge in [-0.15, -0.1) is 11.3 Å². The predicted molar refractivity (Wildman–Crippen MR) is 119 cm³/mol. The molecule has 3 N–H and O–H groups in total. The topological polar surface area (TPSA) is 68.4 Å². The molecule has 6 heteroatoms. The van der Waals surface area contributed by atoms with Crippen molar-refractivity contribution >= 4 is 28.2 Å². The number of para-hydroxylation sites is 1. The number of benzene rings is 1. The second-order valence-electron chi connectivity index (χ2n) is 8.30. The van der Waals surface area contributed by atoms with Crippen molar-refractivity contribution in [3.05, 3.63) is 58.4 Å². The van der Waals surface area contributed by atoms with E-state index in [-0.39, 0.29) is 11.6 Å². The highest BCUT2D eigenvalue weighted by molar-refractivity contribution is 7.10. The Morgan fingerprint density at radius 3 is 2.69 bits per heavy atom. The molecule has 0 saturated heterocycles. The van der Waals surface area contributed by atoms with E-state index in [4.69, 9.17) is 0 Å². The molecule has 0 aliphatic heterocycles. The molecule has 154 valence electrons. The molecule has 0 spiro atoms. The van der Waals surface area contributed by atoms with Crippen molar-refractivity contribution in [2.45, 2.75) is 49.7 Å². The minimum Gasteiger partial charge on any atom is -0.480 e. The molecule has 2 aromatic heterocycles. The molecule has 1 atom stereocenters. The van der Waals surface area contributed by atoms with Gasteiger partial charge in [0.2, 0.25) is 0 Å². The van der Waals surface area contributed by atoms with Crippen LogP contribution in [-0.2, 0) is 16.8 Å². The second kappa shape index (κ2) is 8.30. The summed E-state index contributed by atoms with van der Waals surface area (Å²) in [4.78, 5) is 19.0. The first kappa shape index (κ1) is 20.1. The van der Waals surface area contributed by atoms with Crippen LogP contribution in [0.5, 0.6) is 0 Å². The molecule has 4 rings (SSSR count). The van der Waals surface area contributed by atoms with Crippen molar-refractivity contribution < 1.29 is 9.90 Å². The van der Waals surface area contributed by atoms with Crippen LogP contribution in [0.3, 0.4) is 0 Å². The number of aromatic amines is 1. The van der Waals surface area contributed by atoms with Crippen LogP contribution >= 0.6 is 11.3 Å². The van der Waals surface area contributed by atoms with Gasteiger partial charge in [0.25, 0.3) is 0 Å². The van der Waals surface area contributed by atoms with Crippen molar-refractivity contribution in [3.8, 4) is 0 Å². The quantitative estimate of drug-likeness (QED) is 0.545. The van der Waals surface area contributed by atoms with Gasteiger partial charge in [0.05, 0.1) is 5.54 Å². The van der Waals surface area contributed by atoms with Gasteiger partial charge in [-0.25, -0.2) is 0 Å². The van der Waals surface area contributed by atoms with E-state index in [0.29, 0.717) is 6.42 Å². The molecular formula is C23H29N3O2S. The molecule has 1 unspecified atom stereocenters. The third-order valence-corrected chi connectivity index (χ3v) is 7.55. The lowest BCUT2D eigenvalue weighted by atomic mass is 9.77. The van der Waals surface area contributed by atoms with E-state index in [0.717, 1.165) is 42.1 Å². The largest absolute Gasteiger partial charge is 0.480 e. The second-order valence-corrected chi connectivity index (χ2v) is 9.25. The van der Waals surface area contributed by atoms with Crippen molar-refractivity contribution in [2.75, 3.05) is 14.1 Å². The van der Waals surface area contributed by atoms with E-state index >= 15 is 0 Å². The molecule has 0 amide bonds. The Morgan fingerprint density at radius 2 is 2.03 bits per heavy atom. The summed E-state index contributed by atoms with van der Waals surface area (Å²) in [6.07, 6.45) is 6.47. The number of carbonyl (C=O) groups is 1. The van der Waals surface area contributed by atoms with Gasteiger partial charge >= 0.3 is 5.97 Å². The van der Waals surface area contributed by atoms with Crippen LogP contribution in [0, 0.1) is 0 Å². The molecule has 1 aliphatic rings. The molecule has 5 nitrogen and oxygen atoms in total. The highest BCUT2D eigenvalue weighted by Crippen LogP contribution is 2.43. The summed E-state index contributed by atoms with van der Waals surface area (Å²) in [5.74, 6) is -0.780. The molecule has 1 aliphatic carbocycles. The SMILES string of the molecule is CN(C)C1(c2cccs2)CCC(NC(Cc2c[nH]c3ccccc23)C(=O)O)CC1. The van der Waals surface area contributed by atoms with Crippen LogP contribution < -0.4 is 5.32 Å². The van der Waals surface area contributed by atoms with Gasteiger partial charge < -0.3 is 15.4 Å². The maximum atomic E-state index is 12.0. The van der Waals surface area contributed by atoms with Crippen molar-refractivity contribution in [2.24, 2.45) is 0 Å². The van der Waals surface area contributed by atoms with E-state index in [1.165, 1.54) is 4.88 Å². The summed E-state index contributed by atoms with van der Waals surface area (Å²) < 4.78 is 0. The average Bonchev–Trinajstić information content (AvgIpc) is 3.39. The molecule has 29 heavy (non-hydrogen) atoms. The lowest BCUT2D eigenvalue weighted by molar-refractivity contribution is -0.139. The van der Waals surface area contributed by atoms with Gasteiger partial charge in [0, 0.05) is 34.4 Å². The van der Waals surface area contributed by atoms with E-state index in [1.807, 2.05) is 41.8 Å². The van der Waals surface area contributed by atoms with Crippen molar-refractivity contribution in [1.29, 1.82) is 0 Å². The Balaban J connectivity index is 1.44. The van der Waals surface area contributed by atoms with Crippen LogP contribution in [0.2, 0.25) is 0 Å². The zero-order chi connectivity index (χ0) is 20.4. The minimum absolute atomic E-state index is 0.0713. The molecule has 0 bridgehead atoms. The fourth-order valence-corrected chi connectivity index (χ4v) is 5.81. The highest BCUT2D eigenvalue weighted by atomic mass is 32.1. The first-order chi connectivity index (χ1) is 14.0. The Labute approximate surface area is 175 Å². The maximum Gasteiger partial charge on any atom is 0.321 e. The average molecular weight is 412 g/mol. The zero-order valence-corrected chi connectivity index (χ0v) is 17.8. The lowest BCUT2D eigenvalue weighted by Gasteiger charge is -2.45. The third-order valence-electron chi connectivity index (χ3n) is 6.48. The number of carboxylic acids is 1. The number of fused-ring (bicyclic) bond motifs is 1. The molecule has 2 heterocycles. The van der Waals surface area contributed by atoms with Gasteiger partial charge in [-0.2, -0.15) is 0 Å². The van der Waals surface area contributed by atoms with Gasteiger partial charge in [-0.3, -0.25) is 9.69 Å². The highest BCUT2D eigenvalue weighted by Gasteiger charge is 2.40. The maximum absolute atomic E-state index is 12.0. The Hall–Kier alpha value is -2.15. The Bertz CT molecular complexity index is 956. The zero-order valence-electron chi connectivity index (χ0n) is 17.0. The summed E-state index contributed by atoms with van der Waals surface area (Å²) in [6.45, 7) is 0. The van der Waals surface area contributed by atoms with Gasteiger partial charge in [0.1, 0.15) is 6.04 Å². The molecule has 0 radical (unpaired) electrons. The molecular weight excluding hydrogens is 382 g/mol. The van der Waals surface area contributed by atoms with Crippen molar-refractivity contribution in [1.82, 2.24) is 15.2 Å². The van der Waals surface area contributed by atoms with Crippen LogP contribution in [0.15, 0.2) is 48.0 Å². The fraction of sp³-hybridized carbons (Fsp3) is 0.435. The number of hydrogen-bond donors (Lipinski definition) is 3. The fourth-order valence-electron chi connectivity index (χ4n) is 4.74. The molecule has 3 aromatic rings. The predicted octanol–water partition coefficient (Wildman–Crippen LogP) is 4.21.